The number of likely N-dealkylation sites (N-methyl/N-ethyl adjacent to an activating group) is 1. The predicted molar refractivity (Wildman–Crippen MR) is 47.5 cm³/mol. The minimum Gasteiger partial charge on any atom is -0.463 e. The quantitative estimate of drug-likeness (QED) is 0.576. The largest absolute Gasteiger partial charge is 0.463 e. The van der Waals surface area contributed by atoms with E-state index in [1.54, 1.807) is 6.92 Å². The maximum atomic E-state index is 10.9. The van der Waals surface area contributed by atoms with Crippen LogP contribution in [0, 0.1) is 0 Å². The van der Waals surface area contributed by atoms with Crippen molar-refractivity contribution in [2.24, 2.45) is 4.99 Å². The molecule has 1 aliphatic rings. The van der Waals surface area contributed by atoms with E-state index in [4.69, 9.17) is 9.47 Å². The number of carbonyl (C=O) groups excluding carboxylic acids is 1. The van der Waals surface area contributed by atoms with Crippen LogP contribution in [-0.2, 0) is 14.3 Å². The third-order valence-corrected chi connectivity index (χ3v) is 1.63. The summed E-state index contributed by atoms with van der Waals surface area (Å²) in [6.45, 7) is 3.66. The Hall–Kier alpha value is -1.26. The van der Waals surface area contributed by atoms with Gasteiger partial charge in [-0.25, -0.2) is 9.79 Å². The summed E-state index contributed by atoms with van der Waals surface area (Å²) in [5, 5.41) is 0. The molecule has 0 bridgehead atoms. The van der Waals surface area contributed by atoms with E-state index in [9.17, 15) is 4.79 Å². The van der Waals surface area contributed by atoms with Crippen LogP contribution in [-0.4, -0.2) is 50.2 Å². The van der Waals surface area contributed by atoms with Gasteiger partial charge in [0.1, 0.15) is 0 Å². The fourth-order valence-electron chi connectivity index (χ4n) is 0.994. The first-order valence-corrected chi connectivity index (χ1v) is 4.28. The number of carbonyl (C=O) groups is 1. The Kier molecular flexibility index (Phi) is 3.54. The Morgan fingerprint density at radius 2 is 2.46 bits per heavy atom. The second-order valence-electron chi connectivity index (χ2n) is 2.68. The molecule has 0 unspecified atom stereocenters. The summed E-state index contributed by atoms with van der Waals surface area (Å²) in [6.07, 6.45) is 0. The van der Waals surface area contributed by atoms with Crippen molar-refractivity contribution >= 4 is 12.0 Å². The lowest BCUT2D eigenvalue weighted by Crippen LogP contribution is -2.27. The third kappa shape index (κ3) is 2.93. The van der Waals surface area contributed by atoms with Crippen LogP contribution < -0.4 is 0 Å². The number of hydrogen-bond donors (Lipinski definition) is 0. The summed E-state index contributed by atoms with van der Waals surface area (Å²) in [5.41, 5.74) is 0. The van der Waals surface area contributed by atoms with Gasteiger partial charge in [0.25, 0.3) is 6.02 Å². The minimum atomic E-state index is -0.356. The molecule has 0 spiro atoms. The van der Waals surface area contributed by atoms with Crippen LogP contribution >= 0.6 is 0 Å². The van der Waals surface area contributed by atoms with Crippen LogP contribution in [0.15, 0.2) is 4.99 Å². The Balaban J connectivity index is 2.22. The Morgan fingerprint density at radius 1 is 1.69 bits per heavy atom. The molecule has 0 amide bonds. The molecule has 0 fully saturated rings. The highest BCUT2D eigenvalue weighted by Gasteiger charge is 2.15. The topological polar surface area (TPSA) is 51.1 Å². The van der Waals surface area contributed by atoms with Gasteiger partial charge in [-0.2, -0.15) is 0 Å². The second-order valence-corrected chi connectivity index (χ2v) is 2.68. The highest BCUT2D eigenvalue weighted by atomic mass is 16.6. The van der Waals surface area contributed by atoms with Gasteiger partial charge in [0.15, 0.2) is 6.61 Å². The molecule has 5 nitrogen and oxygen atoms in total. The maximum absolute atomic E-state index is 10.9. The number of esters is 1. The van der Waals surface area contributed by atoms with Gasteiger partial charge in [0.2, 0.25) is 0 Å². The fraction of sp³-hybridized carbons (Fsp3) is 0.750. The van der Waals surface area contributed by atoms with Crippen LogP contribution in [0.1, 0.15) is 6.92 Å². The average molecular weight is 186 g/mol. The minimum absolute atomic E-state index is 0.0585. The molecule has 0 aromatic rings. The van der Waals surface area contributed by atoms with Crippen molar-refractivity contribution in [2.75, 3.05) is 33.4 Å². The number of amidine groups is 1. The lowest BCUT2D eigenvalue weighted by atomic mass is 10.6. The molecule has 5 heteroatoms. The number of aliphatic imine (C=N–C) groups is 1. The van der Waals surface area contributed by atoms with Gasteiger partial charge in [0, 0.05) is 13.6 Å². The zero-order valence-corrected chi connectivity index (χ0v) is 7.95. The zero-order valence-electron chi connectivity index (χ0n) is 7.95. The van der Waals surface area contributed by atoms with Crippen molar-refractivity contribution in [3.05, 3.63) is 0 Å². The van der Waals surface area contributed by atoms with Crippen molar-refractivity contribution in [3.8, 4) is 0 Å². The summed E-state index contributed by atoms with van der Waals surface area (Å²) in [7, 11) is 1.87. The van der Waals surface area contributed by atoms with Gasteiger partial charge in [-0.3, -0.25) is 0 Å². The molecule has 0 aromatic heterocycles. The Labute approximate surface area is 77.3 Å². The molecule has 0 saturated heterocycles. The van der Waals surface area contributed by atoms with Crippen molar-refractivity contribution in [2.45, 2.75) is 6.92 Å². The van der Waals surface area contributed by atoms with Crippen LogP contribution in [0.25, 0.3) is 0 Å². The van der Waals surface area contributed by atoms with Gasteiger partial charge in [-0.1, -0.05) is 0 Å². The van der Waals surface area contributed by atoms with E-state index in [1.807, 2.05) is 11.9 Å². The van der Waals surface area contributed by atoms with Gasteiger partial charge < -0.3 is 14.4 Å². The van der Waals surface area contributed by atoms with E-state index < -0.39 is 0 Å². The number of nitrogens with zero attached hydrogens (tertiary/aromatic N) is 2. The molecule has 1 rings (SSSR count). The van der Waals surface area contributed by atoms with Crippen molar-refractivity contribution in [1.29, 1.82) is 0 Å². The zero-order chi connectivity index (χ0) is 9.68. The summed E-state index contributed by atoms with van der Waals surface area (Å²) in [5.74, 6) is -0.356. The summed E-state index contributed by atoms with van der Waals surface area (Å²) >= 11 is 0. The predicted octanol–water partition coefficient (Wildman–Crippen LogP) is -0.133. The molecular formula is C8H14N2O3. The van der Waals surface area contributed by atoms with E-state index in [1.165, 1.54) is 0 Å². The first kappa shape index (κ1) is 9.83. The highest BCUT2D eigenvalue weighted by Crippen LogP contribution is 1.99. The van der Waals surface area contributed by atoms with Crippen molar-refractivity contribution in [3.63, 3.8) is 0 Å². The molecule has 0 radical (unpaired) electrons. The average Bonchev–Trinajstić information content (AvgIpc) is 2.48. The second kappa shape index (κ2) is 4.69. The molecule has 0 aliphatic carbocycles. The molecule has 74 valence electrons. The summed E-state index contributed by atoms with van der Waals surface area (Å²) in [4.78, 5) is 16.8. The molecule has 13 heavy (non-hydrogen) atoms. The standard InChI is InChI=1S/C8H14N2O3/c1-3-12-7(11)6-13-8-9-4-5-10(8)2/h3-6H2,1-2H3. The number of ether oxygens (including phenoxy) is 2. The van der Waals surface area contributed by atoms with E-state index in [0.29, 0.717) is 12.6 Å². The maximum Gasteiger partial charge on any atom is 0.344 e. The van der Waals surface area contributed by atoms with Crippen LogP contribution in [0.5, 0.6) is 0 Å². The van der Waals surface area contributed by atoms with Crippen molar-refractivity contribution in [1.82, 2.24) is 4.90 Å². The fourth-order valence-corrected chi connectivity index (χ4v) is 0.994. The molecule has 0 aromatic carbocycles. The number of rotatable bonds is 3. The molecule has 0 saturated carbocycles. The SMILES string of the molecule is CCOC(=O)COC1=NCCN1C. The number of hydrogen-bond acceptors (Lipinski definition) is 5. The summed E-state index contributed by atoms with van der Waals surface area (Å²) < 4.78 is 9.83. The van der Waals surface area contributed by atoms with E-state index in [0.717, 1.165) is 13.1 Å². The summed E-state index contributed by atoms with van der Waals surface area (Å²) in [6, 6.07) is 0.521. The molecule has 1 aliphatic heterocycles. The van der Waals surface area contributed by atoms with Crippen LogP contribution in [0.3, 0.4) is 0 Å². The molecule has 0 N–H and O–H groups in total. The monoisotopic (exact) mass is 186 g/mol. The Morgan fingerprint density at radius 3 is 3.00 bits per heavy atom. The normalized spacial score (nSPS) is 15.5. The lowest BCUT2D eigenvalue weighted by molar-refractivity contribution is -0.146. The van der Waals surface area contributed by atoms with Crippen molar-refractivity contribution < 1.29 is 14.3 Å². The first-order chi connectivity index (χ1) is 6.24. The Bertz CT molecular complexity index is 215. The molecule has 0 atom stereocenters. The van der Waals surface area contributed by atoms with Gasteiger partial charge in [-0.05, 0) is 6.92 Å². The van der Waals surface area contributed by atoms with E-state index in [2.05, 4.69) is 4.99 Å². The van der Waals surface area contributed by atoms with E-state index in [-0.39, 0.29) is 12.6 Å². The molecule has 1 heterocycles. The molecular weight excluding hydrogens is 172 g/mol. The highest BCUT2D eigenvalue weighted by molar-refractivity contribution is 5.79. The van der Waals surface area contributed by atoms with Crippen LogP contribution in [0.4, 0.5) is 0 Å². The van der Waals surface area contributed by atoms with Crippen LogP contribution in [0.2, 0.25) is 0 Å². The van der Waals surface area contributed by atoms with Gasteiger partial charge in [-0.15, -0.1) is 0 Å². The van der Waals surface area contributed by atoms with Gasteiger partial charge in [0.05, 0.1) is 13.2 Å². The smallest absolute Gasteiger partial charge is 0.344 e. The lowest BCUT2D eigenvalue weighted by Gasteiger charge is -2.13. The first-order valence-electron chi connectivity index (χ1n) is 4.28. The third-order valence-electron chi connectivity index (χ3n) is 1.63. The van der Waals surface area contributed by atoms with Gasteiger partial charge >= 0.3 is 5.97 Å². The van der Waals surface area contributed by atoms with E-state index >= 15 is 0 Å².